The summed E-state index contributed by atoms with van der Waals surface area (Å²) in [5.41, 5.74) is 0.444. The van der Waals surface area contributed by atoms with Crippen LogP contribution in [0.4, 0.5) is 5.82 Å². The zero-order valence-electron chi connectivity index (χ0n) is 17.4. The summed E-state index contributed by atoms with van der Waals surface area (Å²) < 4.78 is 1.96. The van der Waals surface area contributed by atoms with Crippen LogP contribution in [0, 0.1) is 17.8 Å². The maximum Gasteiger partial charge on any atom is 0.257 e. The van der Waals surface area contributed by atoms with E-state index in [1.165, 1.54) is 19.3 Å². The lowest BCUT2D eigenvalue weighted by atomic mass is 9.53. The van der Waals surface area contributed by atoms with Gasteiger partial charge in [-0.3, -0.25) is 4.79 Å². The first-order valence-electron chi connectivity index (χ1n) is 11.1. The van der Waals surface area contributed by atoms with Gasteiger partial charge in [0.1, 0.15) is 11.4 Å². The molecule has 2 heterocycles. The van der Waals surface area contributed by atoms with Crippen LogP contribution < -0.4 is 10.2 Å². The predicted octanol–water partition coefficient (Wildman–Crippen LogP) is 2.91. The molecule has 1 atom stereocenters. The maximum atomic E-state index is 13.5. The summed E-state index contributed by atoms with van der Waals surface area (Å²) in [6.45, 7) is 7.66. The molecule has 6 rings (SSSR count). The number of aliphatic hydroxyl groups excluding tert-OH is 1. The van der Waals surface area contributed by atoms with Crippen molar-refractivity contribution in [3.63, 3.8) is 0 Å². The molecule has 0 aromatic carbocycles. The lowest BCUT2D eigenvalue weighted by Gasteiger charge is -2.56. The normalized spacial score (nSPS) is 36.9. The third-order valence-electron chi connectivity index (χ3n) is 7.50. The van der Waals surface area contributed by atoms with E-state index in [4.69, 9.17) is 0 Å². The molecule has 4 aliphatic carbocycles. The van der Waals surface area contributed by atoms with Gasteiger partial charge in [0.05, 0.1) is 17.8 Å². The van der Waals surface area contributed by atoms with Gasteiger partial charge in [-0.1, -0.05) is 0 Å². The molecule has 1 aromatic rings. The van der Waals surface area contributed by atoms with Crippen LogP contribution in [0.3, 0.4) is 0 Å². The summed E-state index contributed by atoms with van der Waals surface area (Å²) in [6, 6.07) is 0. The Morgan fingerprint density at radius 2 is 1.79 bits per heavy atom. The van der Waals surface area contributed by atoms with Crippen molar-refractivity contribution in [1.29, 1.82) is 0 Å². The minimum Gasteiger partial charge on any atom is -0.391 e. The van der Waals surface area contributed by atoms with E-state index in [0.29, 0.717) is 12.1 Å². The first kappa shape index (κ1) is 18.5. The van der Waals surface area contributed by atoms with Crippen molar-refractivity contribution < 1.29 is 9.90 Å². The fourth-order valence-corrected chi connectivity index (χ4v) is 6.80. The van der Waals surface area contributed by atoms with Crippen LogP contribution in [0.1, 0.15) is 76.1 Å². The van der Waals surface area contributed by atoms with Crippen molar-refractivity contribution in [3.05, 3.63) is 11.8 Å². The molecule has 0 spiro atoms. The van der Waals surface area contributed by atoms with Gasteiger partial charge in [-0.05, 0) is 83.5 Å². The first-order chi connectivity index (χ1) is 13.2. The zero-order chi connectivity index (χ0) is 19.7. The average Bonchev–Trinajstić information content (AvgIpc) is 3.18. The molecule has 154 valence electrons. The molecular weight excluding hydrogens is 352 g/mol. The van der Waals surface area contributed by atoms with Crippen molar-refractivity contribution >= 4 is 11.7 Å². The highest BCUT2D eigenvalue weighted by molar-refractivity contribution is 5.99. The van der Waals surface area contributed by atoms with Gasteiger partial charge in [0, 0.05) is 18.6 Å². The lowest BCUT2D eigenvalue weighted by Crippen LogP contribution is -2.59. The number of aliphatic hydroxyl groups is 1. The minimum absolute atomic E-state index is 0.00252. The van der Waals surface area contributed by atoms with Gasteiger partial charge in [0.2, 0.25) is 0 Å². The Kier molecular flexibility index (Phi) is 4.10. The molecule has 1 amide bonds. The molecule has 6 nitrogen and oxygen atoms in total. The molecular formula is C22H34N4O2. The number of anilines is 1. The number of hydrogen-bond acceptors (Lipinski definition) is 4. The quantitative estimate of drug-likeness (QED) is 0.838. The molecule has 1 saturated heterocycles. The number of amides is 1. The summed E-state index contributed by atoms with van der Waals surface area (Å²) in [5, 5.41) is 18.2. The van der Waals surface area contributed by atoms with Gasteiger partial charge in [0.15, 0.2) is 0 Å². The third kappa shape index (κ3) is 3.04. The van der Waals surface area contributed by atoms with E-state index < -0.39 is 0 Å². The molecule has 5 fully saturated rings. The molecule has 4 bridgehead atoms. The van der Waals surface area contributed by atoms with Crippen LogP contribution in [0.2, 0.25) is 0 Å². The van der Waals surface area contributed by atoms with E-state index >= 15 is 0 Å². The minimum atomic E-state index is -0.331. The van der Waals surface area contributed by atoms with Gasteiger partial charge < -0.3 is 15.3 Å². The number of nitrogens with one attached hydrogen (secondary N) is 1. The molecule has 28 heavy (non-hydrogen) atoms. The molecule has 2 N–H and O–H groups in total. The number of rotatable bonds is 3. The fourth-order valence-electron chi connectivity index (χ4n) is 6.80. The summed E-state index contributed by atoms with van der Waals surface area (Å²) in [7, 11) is 0. The Balaban J connectivity index is 1.44. The molecule has 6 heteroatoms. The Morgan fingerprint density at radius 3 is 2.29 bits per heavy atom. The smallest absolute Gasteiger partial charge is 0.257 e. The maximum absolute atomic E-state index is 13.5. The number of aromatic nitrogens is 2. The van der Waals surface area contributed by atoms with Crippen molar-refractivity contribution in [3.8, 4) is 0 Å². The SMILES string of the molecule is CC(C)(C)n1ncc(C(=O)NC23CC4CC(CC(C4)C2)C3)c1N1CCC(O)C1. The van der Waals surface area contributed by atoms with E-state index in [1.807, 2.05) is 4.68 Å². The second-order valence-corrected chi connectivity index (χ2v) is 11.0. The summed E-state index contributed by atoms with van der Waals surface area (Å²) in [5.74, 6) is 3.30. The van der Waals surface area contributed by atoms with Crippen molar-refractivity contribution in [2.24, 2.45) is 17.8 Å². The number of nitrogens with zero attached hydrogens (tertiary/aromatic N) is 3. The third-order valence-corrected chi connectivity index (χ3v) is 7.50. The van der Waals surface area contributed by atoms with E-state index in [1.54, 1.807) is 6.20 Å². The Hall–Kier alpha value is -1.56. The summed E-state index contributed by atoms with van der Waals surface area (Å²) in [4.78, 5) is 15.6. The molecule has 1 aliphatic heterocycles. The van der Waals surface area contributed by atoms with Crippen molar-refractivity contribution in [2.75, 3.05) is 18.0 Å². The highest BCUT2D eigenvalue weighted by atomic mass is 16.3. The Bertz CT molecular complexity index is 743. The van der Waals surface area contributed by atoms with Gasteiger partial charge >= 0.3 is 0 Å². The van der Waals surface area contributed by atoms with Gasteiger partial charge in [-0.2, -0.15) is 5.10 Å². The van der Waals surface area contributed by atoms with E-state index in [9.17, 15) is 9.90 Å². The van der Waals surface area contributed by atoms with Crippen LogP contribution in [0.15, 0.2) is 6.20 Å². The second kappa shape index (κ2) is 6.22. The standard InChI is InChI=1S/C22H34N4O2/c1-21(2,3)26-20(25-5-4-17(27)13-25)18(12-23-26)19(28)24-22-9-14-6-15(10-22)8-16(7-14)11-22/h12,14-17,27H,4-11,13H2,1-3H3,(H,24,28). The lowest BCUT2D eigenvalue weighted by molar-refractivity contribution is -0.0166. The van der Waals surface area contributed by atoms with Crippen LogP contribution in [0.5, 0.6) is 0 Å². The zero-order valence-corrected chi connectivity index (χ0v) is 17.4. The number of carbonyl (C=O) groups excluding carboxylic acids is 1. The van der Waals surface area contributed by atoms with Crippen LogP contribution in [-0.4, -0.2) is 45.5 Å². The van der Waals surface area contributed by atoms with Gasteiger partial charge in [0.25, 0.3) is 5.91 Å². The van der Waals surface area contributed by atoms with Crippen LogP contribution >= 0.6 is 0 Å². The van der Waals surface area contributed by atoms with E-state index in [2.05, 4.69) is 36.1 Å². The first-order valence-corrected chi connectivity index (χ1v) is 11.1. The molecule has 1 unspecified atom stereocenters. The molecule has 4 saturated carbocycles. The van der Waals surface area contributed by atoms with Crippen molar-refractivity contribution in [2.45, 2.75) is 82.9 Å². The fraction of sp³-hybridized carbons (Fsp3) is 0.818. The summed E-state index contributed by atoms with van der Waals surface area (Å²) >= 11 is 0. The molecule has 0 radical (unpaired) electrons. The second-order valence-electron chi connectivity index (χ2n) is 11.0. The molecule has 5 aliphatic rings. The van der Waals surface area contributed by atoms with E-state index in [-0.39, 0.29) is 23.1 Å². The predicted molar refractivity (Wildman–Crippen MR) is 108 cm³/mol. The van der Waals surface area contributed by atoms with Crippen molar-refractivity contribution in [1.82, 2.24) is 15.1 Å². The highest BCUT2D eigenvalue weighted by Gasteiger charge is 2.51. The Morgan fingerprint density at radius 1 is 1.18 bits per heavy atom. The highest BCUT2D eigenvalue weighted by Crippen LogP contribution is 2.55. The number of carbonyl (C=O) groups is 1. The van der Waals surface area contributed by atoms with Gasteiger partial charge in [-0.15, -0.1) is 0 Å². The van der Waals surface area contributed by atoms with Gasteiger partial charge in [-0.25, -0.2) is 4.68 Å². The van der Waals surface area contributed by atoms with E-state index in [0.717, 1.165) is 55.8 Å². The number of β-amino-alcohol motifs (C(OH)–C–C–N with tert-alkyl or cyclic N) is 1. The largest absolute Gasteiger partial charge is 0.391 e. The average molecular weight is 387 g/mol. The monoisotopic (exact) mass is 386 g/mol. The van der Waals surface area contributed by atoms with Crippen LogP contribution in [0.25, 0.3) is 0 Å². The number of hydrogen-bond donors (Lipinski definition) is 2. The summed E-state index contributed by atoms with van der Waals surface area (Å²) in [6.07, 6.45) is 9.70. The molecule has 1 aromatic heterocycles. The topological polar surface area (TPSA) is 70.4 Å². The van der Waals surface area contributed by atoms with Crippen LogP contribution in [-0.2, 0) is 5.54 Å². The Labute approximate surface area is 167 Å².